The zero-order valence-electron chi connectivity index (χ0n) is 14.0. The smallest absolute Gasteiger partial charge is 0.223 e. The van der Waals surface area contributed by atoms with E-state index in [1.54, 1.807) is 20.3 Å². The van der Waals surface area contributed by atoms with Crippen LogP contribution in [0.5, 0.6) is 17.2 Å². The molecule has 0 aliphatic heterocycles. The summed E-state index contributed by atoms with van der Waals surface area (Å²) in [4.78, 5) is 11.9. The van der Waals surface area contributed by atoms with E-state index in [1.165, 1.54) is 12.1 Å². The van der Waals surface area contributed by atoms with Crippen molar-refractivity contribution < 1.29 is 23.4 Å². The Bertz CT molecular complexity index is 717. The van der Waals surface area contributed by atoms with Gasteiger partial charge in [0, 0.05) is 12.6 Å². The number of nitrogens with one attached hydrogen (secondary N) is 1. The average molecular weight is 368 g/mol. The minimum atomic E-state index is -0.441. The second-order valence-electron chi connectivity index (χ2n) is 5.17. The normalized spacial score (nSPS) is 10.2. The first-order valence-corrected chi connectivity index (χ1v) is 7.96. The van der Waals surface area contributed by atoms with Gasteiger partial charge in [0.1, 0.15) is 23.1 Å². The molecule has 0 atom stereocenters. The number of rotatable bonds is 8. The summed E-state index contributed by atoms with van der Waals surface area (Å²) < 4.78 is 28.7. The van der Waals surface area contributed by atoms with Crippen molar-refractivity contribution in [2.45, 2.75) is 13.0 Å². The number of ether oxygens (including phenoxy) is 3. The lowest BCUT2D eigenvalue weighted by atomic mass is 10.2. The van der Waals surface area contributed by atoms with Gasteiger partial charge in [0.2, 0.25) is 5.91 Å². The molecule has 5 nitrogen and oxygen atoms in total. The highest BCUT2D eigenvalue weighted by Crippen LogP contribution is 2.25. The topological polar surface area (TPSA) is 56.8 Å². The molecular weight excluding hydrogens is 349 g/mol. The molecule has 2 rings (SSSR count). The van der Waals surface area contributed by atoms with Crippen LogP contribution in [0.25, 0.3) is 0 Å². The molecule has 0 radical (unpaired) electrons. The standard InChI is InChI=1S/C18H19ClFNO4/c1-23-14-7-12(8-15(10-14)24-2)11-21-18(22)5-6-25-17-4-3-13(20)9-16(17)19/h3-4,7-10H,5-6,11H2,1-2H3,(H,21,22). The van der Waals surface area contributed by atoms with E-state index in [2.05, 4.69) is 5.32 Å². The van der Waals surface area contributed by atoms with Gasteiger partial charge in [0.25, 0.3) is 0 Å². The van der Waals surface area contributed by atoms with Crippen LogP contribution >= 0.6 is 11.6 Å². The first-order valence-electron chi connectivity index (χ1n) is 7.58. The van der Waals surface area contributed by atoms with E-state index in [1.807, 2.05) is 12.1 Å². The summed E-state index contributed by atoms with van der Waals surface area (Å²) in [6.45, 7) is 0.475. The fraction of sp³-hybridized carbons (Fsp3) is 0.278. The molecule has 1 N–H and O–H groups in total. The molecule has 7 heteroatoms. The maximum absolute atomic E-state index is 12.9. The third-order valence-electron chi connectivity index (χ3n) is 3.38. The zero-order chi connectivity index (χ0) is 18.2. The molecule has 0 unspecified atom stereocenters. The largest absolute Gasteiger partial charge is 0.497 e. The number of carbonyl (C=O) groups excluding carboxylic acids is 1. The Morgan fingerprint density at radius 3 is 2.40 bits per heavy atom. The summed E-state index contributed by atoms with van der Waals surface area (Å²) in [5, 5.41) is 2.96. The lowest BCUT2D eigenvalue weighted by Gasteiger charge is -2.10. The molecule has 0 bridgehead atoms. The van der Waals surface area contributed by atoms with E-state index >= 15 is 0 Å². The Labute approximate surface area is 150 Å². The van der Waals surface area contributed by atoms with Crippen molar-refractivity contribution in [2.24, 2.45) is 0 Å². The molecule has 2 aromatic carbocycles. The Hall–Kier alpha value is -2.47. The number of benzene rings is 2. The van der Waals surface area contributed by atoms with Crippen LogP contribution in [-0.2, 0) is 11.3 Å². The minimum absolute atomic E-state index is 0.138. The van der Waals surface area contributed by atoms with Crippen LogP contribution in [-0.4, -0.2) is 26.7 Å². The number of amides is 1. The zero-order valence-corrected chi connectivity index (χ0v) is 14.7. The lowest BCUT2D eigenvalue weighted by Crippen LogP contribution is -2.24. The van der Waals surface area contributed by atoms with Crippen LogP contribution in [0, 0.1) is 5.82 Å². The molecule has 1 amide bonds. The number of hydrogen-bond donors (Lipinski definition) is 1. The monoisotopic (exact) mass is 367 g/mol. The molecular formula is C18H19ClFNO4. The van der Waals surface area contributed by atoms with Gasteiger partial charge < -0.3 is 19.5 Å². The second kappa shape index (κ2) is 9.13. The highest BCUT2D eigenvalue weighted by Gasteiger charge is 2.07. The molecule has 25 heavy (non-hydrogen) atoms. The third kappa shape index (κ3) is 5.83. The molecule has 0 aliphatic rings. The van der Waals surface area contributed by atoms with Crippen molar-refractivity contribution in [3.63, 3.8) is 0 Å². The van der Waals surface area contributed by atoms with Crippen molar-refractivity contribution in [1.82, 2.24) is 5.32 Å². The average Bonchev–Trinajstić information content (AvgIpc) is 2.61. The van der Waals surface area contributed by atoms with Crippen molar-refractivity contribution >= 4 is 17.5 Å². The van der Waals surface area contributed by atoms with E-state index in [9.17, 15) is 9.18 Å². The summed E-state index contributed by atoms with van der Waals surface area (Å²) >= 11 is 5.85. The predicted molar refractivity (Wildman–Crippen MR) is 92.9 cm³/mol. The van der Waals surface area contributed by atoms with Crippen LogP contribution in [0.3, 0.4) is 0 Å². The van der Waals surface area contributed by atoms with Crippen LogP contribution in [0.2, 0.25) is 5.02 Å². The summed E-state index contributed by atoms with van der Waals surface area (Å²) in [7, 11) is 3.13. The SMILES string of the molecule is COc1cc(CNC(=O)CCOc2ccc(F)cc2Cl)cc(OC)c1. The first-order chi connectivity index (χ1) is 12.0. The molecule has 0 spiro atoms. The fourth-order valence-electron chi connectivity index (χ4n) is 2.10. The van der Waals surface area contributed by atoms with Crippen molar-refractivity contribution in [2.75, 3.05) is 20.8 Å². The highest BCUT2D eigenvalue weighted by molar-refractivity contribution is 6.32. The number of carbonyl (C=O) groups is 1. The molecule has 134 valence electrons. The van der Waals surface area contributed by atoms with Gasteiger partial charge in [-0.15, -0.1) is 0 Å². The lowest BCUT2D eigenvalue weighted by molar-refractivity contribution is -0.121. The van der Waals surface area contributed by atoms with Gasteiger partial charge in [-0.1, -0.05) is 11.6 Å². The molecule has 0 heterocycles. The van der Waals surface area contributed by atoms with Crippen LogP contribution in [0.15, 0.2) is 36.4 Å². The van der Waals surface area contributed by atoms with Crippen LogP contribution < -0.4 is 19.5 Å². The Kier molecular flexibility index (Phi) is 6.89. The van der Waals surface area contributed by atoms with Crippen molar-refractivity contribution in [1.29, 1.82) is 0 Å². The van der Waals surface area contributed by atoms with E-state index in [0.717, 1.165) is 11.6 Å². The Morgan fingerprint density at radius 1 is 1.12 bits per heavy atom. The molecule has 0 saturated carbocycles. The maximum atomic E-state index is 12.9. The first kappa shape index (κ1) is 18.9. The summed E-state index contributed by atoms with van der Waals surface area (Å²) in [6, 6.07) is 9.23. The summed E-state index contributed by atoms with van der Waals surface area (Å²) in [5.74, 6) is 1.02. The van der Waals surface area contributed by atoms with Gasteiger partial charge in [-0.05, 0) is 35.9 Å². The van der Waals surface area contributed by atoms with E-state index in [-0.39, 0.29) is 24.0 Å². The Morgan fingerprint density at radius 2 is 1.80 bits per heavy atom. The highest BCUT2D eigenvalue weighted by atomic mass is 35.5. The van der Waals surface area contributed by atoms with Crippen LogP contribution in [0.4, 0.5) is 4.39 Å². The van der Waals surface area contributed by atoms with Gasteiger partial charge in [0.15, 0.2) is 0 Å². The maximum Gasteiger partial charge on any atom is 0.223 e. The molecule has 0 aliphatic carbocycles. The van der Waals surface area contributed by atoms with Gasteiger partial charge >= 0.3 is 0 Å². The fourth-order valence-corrected chi connectivity index (χ4v) is 2.33. The summed E-state index contributed by atoms with van der Waals surface area (Å²) in [6.07, 6.45) is 0.148. The molecule has 2 aromatic rings. The second-order valence-corrected chi connectivity index (χ2v) is 5.58. The number of halogens is 2. The minimum Gasteiger partial charge on any atom is -0.497 e. The number of methoxy groups -OCH3 is 2. The number of hydrogen-bond acceptors (Lipinski definition) is 4. The molecule has 0 aromatic heterocycles. The quantitative estimate of drug-likeness (QED) is 0.774. The molecule has 0 saturated heterocycles. The van der Waals surface area contributed by atoms with E-state index in [4.69, 9.17) is 25.8 Å². The van der Waals surface area contributed by atoms with E-state index in [0.29, 0.717) is 23.8 Å². The molecule has 0 fully saturated rings. The van der Waals surface area contributed by atoms with Gasteiger partial charge in [0.05, 0.1) is 32.3 Å². The van der Waals surface area contributed by atoms with Gasteiger partial charge in [-0.25, -0.2) is 4.39 Å². The van der Waals surface area contributed by atoms with Gasteiger partial charge in [-0.2, -0.15) is 0 Å². The van der Waals surface area contributed by atoms with E-state index < -0.39 is 5.82 Å². The van der Waals surface area contributed by atoms with Crippen molar-refractivity contribution in [3.8, 4) is 17.2 Å². The third-order valence-corrected chi connectivity index (χ3v) is 3.68. The summed E-state index contributed by atoms with van der Waals surface area (Å²) in [5.41, 5.74) is 0.854. The van der Waals surface area contributed by atoms with Gasteiger partial charge in [-0.3, -0.25) is 4.79 Å². The van der Waals surface area contributed by atoms with Crippen molar-refractivity contribution in [3.05, 3.63) is 52.8 Å². The van der Waals surface area contributed by atoms with Crippen LogP contribution in [0.1, 0.15) is 12.0 Å². The Balaban J connectivity index is 1.81. The predicted octanol–water partition coefficient (Wildman–Crippen LogP) is 3.58.